The van der Waals surface area contributed by atoms with Gasteiger partial charge in [-0.25, -0.2) is 14.3 Å². The number of carbonyl (C=O) groups excluding carboxylic acids is 2. The van der Waals surface area contributed by atoms with Gasteiger partial charge >= 0.3 is 5.97 Å². The number of carbonyl (C=O) groups is 2. The summed E-state index contributed by atoms with van der Waals surface area (Å²) in [5.74, 6) is -0.358. The number of fused-ring (bicyclic) bond motifs is 1. The molecule has 0 bridgehead atoms. The number of halogens is 1. The quantitative estimate of drug-likeness (QED) is 0.313. The zero-order valence-electron chi connectivity index (χ0n) is 16.2. The molecule has 1 amide bonds. The van der Waals surface area contributed by atoms with Crippen molar-refractivity contribution in [3.8, 4) is 11.1 Å². The van der Waals surface area contributed by atoms with E-state index in [1.54, 1.807) is 25.4 Å². The summed E-state index contributed by atoms with van der Waals surface area (Å²) in [6.07, 6.45) is 3.34. The molecule has 11 heteroatoms. The van der Waals surface area contributed by atoms with Crippen LogP contribution in [0.4, 0.5) is 5.00 Å². The number of benzene rings is 1. The van der Waals surface area contributed by atoms with Crippen molar-refractivity contribution >= 4 is 57.4 Å². The van der Waals surface area contributed by atoms with Crippen LogP contribution in [-0.4, -0.2) is 43.8 Å². The minimum absolute atomic E-state index is 0.0509. The van der Waals surface area contributed by atoms with E-state index in [2.05, 4.69) is 20.4 Å². The number of amides is 1. The molecule has 0 saturated carbocycles. The fraction of sp³-hybridized carbons (Fsp3) is 0.150. The lowest BCUT2D eigenvalue weighted by molar-refractivity contribution is -0.113. The summed E-state index contributed by atoms with van der Waals surface area (Å²) in [6.45, 7) is 1.93. The highest BCUT2D eigenvalue weighted by molar-refractivity contribution is 7.99. The Kier molecular flexibility index (Phi) is 6.50. The summed E-state index contributed by atoms with van der Waals surface area (Å²) >= 11 is 8.74. The molecular formula is C20H16ClN5O3S2. The standard InChI is InChI=1S/C20H16ClN5O3S2/c1-2-29-18(28)15-14(12-7-4-3-5-8-12)16(21)31-17(15)23-13(27)11-30-20-24-19-22-9-6-10-26(19)25-20/h3-10H,2,11H2,1H3,(H,23,27). The first-order valence-corrected chi connectivity index (χ1v) is 11.4. The van der Waals surface area contributed by atoms with Crippen LogP contribution in [0.2, 0.25) is 4.34 Å². The predicted octanol–water partition coefficient (Wildman–Crippen LogP) is 4.41. The summed E-state index contributed by atoms with van der Waals surface area (Å²) in [5, 5.41) is 7.80. The van der Waals surface area contributed by atoms with Gasteiger partial charge in [-0.2, -0.15) is 4.98 Å². The number of hydrogen-bond donors (Lipinski definition) is 1. The van der Waals surface area contributed by atoms with Gasteiger partial charge < -0.3 is 10.1 Å². The Morgan fingerprint density at radius 2 is 2.06 bits per heavy atom. The Morgan fingerprint density at radius 1 is 1.26 bits per heavy atom. The molecule has 0 atom stereocenters. The topological polar surface area (TPSA) is 98.5 Å². The van der Waals surface area contributed by atoms with E-state index in [0.29, 0.717) is 25.8 Å². The van der Waals surface area contributed by atoms with Gasteiger partial charge in [0.2, 0.25) is 11.1 Å². The molecule has 3 heterocycles. The fourth-order valence-corrected chi connectivity index (χ4v) is 4.83. The molecule has 0 saturated heterocycles. The summed E-state index contributed by atoms with van der Waals surface area (Å²) in [7, 11) is 0. The lowest BCUT2D eigenvalue weighted by atomic mass is 10.0. The SMILES string of the molecule is CCOC(=O)c1c(NC(=O)CSc2nc3ncccn3n2)sc(Cl)c1-c1ccccc1. The number of anilines is 1. The largest absolute Gasteiger partial charge is 0.462 e. The zero-order chi connectivity index (χ0) is 21.8. The molecule has 0 fully saturated rings. The maximum Gasteiger partial charge on any atom is 0.341 e. The van der Waals surface area contributed by atoms with Gasteiger partial charge in [0.1, 0.15) is 14.9 Å². The van der Waals surface area contributed by atoms with Crippen LogP contribution < -0.4 is 5.32 Å². The summed E-state index contributed by atoms with van der Waals surface area (Å²) in [4.78, 5) is 33.6. The average molecular weight is 474 g/mol. The van der Waals surface area contributed by atoms with Crippen molar-refractivity contribution in [1.29, 1.82) is 0 Å². The van der Waals surface area contributed by atoms with Crippen LogP contribution in [0.5, 0.6) is 0 Å². The lowest BCUT2D eigenvalue weighted by Crippen LogP contribution is -2.16. The van der Waals surface area contributed by atoms with Gasteiger partial charge in [-0.1, -0.05) is 53.7 Å². The number of nitrogens with zero attached hydrogens (tertiary/aromatic N) is 4. The molecule has 1 N–H and O–H groups in total. The first-order chi connectivity index (χ1) is 15.1. The van der Waals surface area contributed by atoms with Crippen molar-refractivity contribution in [1.82, 2.24) is 19.6 Å². The van der Waals surface area contributed by atoms with Gasteiger partial charge in [0.15, 0.2) is 0 Å². The molecule has 4 rings (SSSR count). The monoisotopic (exact) mass is 473 g/mol. The molecule has 0 aliphatic heterocycles. The lowest BCUT2D eigenvalue weighted by Gasteiger charge is -2.08. The molecule has 3 aromatic heterocycles. The Bertz CT molecular complexity index is 1210. The first kappa shape index (κ1) is 21.3. The normalized spacial score (nSPS) is 10.9. The Morgan fingerprint density at radius 3 is 2.81 bits per heavy atom. The van der Waals surface area contributed by atoms with Crippen LogP contribution in [0.3, 0.4) is 0 Å². The fourth-order valence-electron chi connectivity index (χ4n) is 2.82. The maximum atomic E-state index is 12.7. The average Bonchev–Trinajstić information content (AvgIpc) is 3.33. The molecule has 0 aliphatic rings. The second-order valence-corrected chi connectivity index (χ2v) is 8.70. The van der Waals surface area contributed by atoms with Crippen molar-refractivity contribution in [2.45, 2.75) is 12.1 Å². The van der Waals surface area contributed by atoms with Crippen LogP contribution in [-0.2, 0) is 9.53 Å². The van der Waals surface area contributed by atoms with Crippen molar-refractivity contribution in [2.75, 3.05) is 17.7 Å². The number of esters is 1. The number of aromatic nitrogens is 4. The summed E-state index contributed by atoms with van der Waals surface area (Å²) < 4.78 is 7.14. The molecular weight excluding hydrogens is 458 g/mol. The van der Waals surface area contributed by atoms with Crippen molar-refractivity contribution in [3.05, 3.63) is 58.7 Å². The number of hydrogen-bond acceptors (Lipinski definition) is 8. The molecule has 0 aliphatic carbocycles. The van der Waals surface area contributed by atoms with E-state index in [1.165, 1.54) is 16.3 Å². The van der Waals surface area contributed by atoms with Gasteiger partial charge in [0, 0.05) is 18.0 Å². The van der Waals surface area contributed by atoms with Crippen LogP contribution in [0, 0.1) is 0 Å². The van der Waals surface area contributed by atoms with Crippen molar-refractivity contribution in [2.24, 2.45) is 0 Å². The van der Waals surface area contributed by atoms with E-state index in [-0.39, 0.29) is 23.8 Å². The third-order valence-corrected chi connectivity index (χ3v) is 6.24. The van der Waals surface area contributed by atoms with Gasteiger partial charge in [0.05, 0.1) is 12.4 Å². The van der Waals surface area contributed by atoms with E-state index < -0.39 is 5.97 Å². The highest BCUT2D eigenvalue weighted by Crippen LogP contribution is 2.44. The van der Waals surface area contributed by atoms with Crippen LogP contribution in [0.1, 0.15) is 17.3 Å². The van der Waals surface area contributed by atoms with Gasteiger partial charge in [-0.3, -0.25) is 4.79 Å². The number of ether oxygens (including phenoxy) is 1. The molecule has 0 radical (unpaired) electrons. The zero-order valence-corrected chi connectivity index (χ0v) is 18.6. The number of thioether (sulfide) groups is 1. The number of rotatable bonds is 7. The molecule has 8 nitrogen and oxygen atoms in total. The van der Waals surface area contributed by atoms with Gasteiger partial charge in [0.25, 0.3) is 5.78 Å². The van der Waals surface area contributed by atoms with Crippen LogP contribution in [0.25, 0.3) is 16.9 Å². The predicted molar refractivity (Wildman–Crippen MR) is 121 cm³/mol. The van der Waals surface area contributed by atoms with Crippen molar-refractivity contribution < 1.29 is 14.3 Å². The van der Waals surface area contributed by atoms with E-state index in [1.807, 2.05) is 30.3 Å². The van der Waals surface area contributed by atoms with Gasteiger partial charge in [-0.05, 0) is 18.6 Å². The molecule has 0 spiro atoms. The van der Waals surface area contributed by atoms with Gasteiger partial charge in [-0.15, -0.1) is 16.4 Å². The molecule has 31 heavy (non-hydrogen) atoms. The molecule has 1 aromatic carbocycles. The highest BCUT2D eigenvalue weighted by Gasteiger charge is 2.26. The maximum absolute atomic E-state index is 12.7. The number of thiophene rings is 1. The first-order valence-electron chi connectivity index (χ1n) is 9.21. The van der Waals surface area contributed by atoms with E-state index in [0.717, 1.165) is 16.9 Å². The third kappa shape index (κ3) is 4.71. The minimum Gasteiger partial charge on any atom is -0.462 e. The summed E-state index contributed by atoms with van der Waals surface area (Å²) in [6, 6.07) is 11.0. The van der Waals surface area contributed by atoms with Crippen molar-refractivity contribution in [3.63, 3.8) is 0 Å². The second-order valence-electron chi connectivity index (χ2n) is 6.14. The Labute approximate surface area is 190 Å². The van der Waals surface area contributed by atoms with E-state index in [9.17, 15) is 9.59 Å². The molecule has 158 valence electrons. The highest BCUT2D eigenvalue weighted by atomic mass is 35.5. The van der Waals surface area contributed by atoms with E-state index in [4.69, 9.17) is 16.3 Å². The minimum atomic E-state index is -0.541. The number of nitrogens with one attached hydrogen (secondary N) is 1. The smallest absolute Gasteiger partial charge is 0.341 e. The third-order valence-electron chi connectivity index (χ3n) is 4.09. The van der Waals surface area contributed by atoms with E-state index >= 15 is 0 Å². The second kappa shape index (κ2) is 9.46. The molecule has 4 aromatic rings. The van der Waals surface area contributed by atoms with Crippen LogP contribution in [0.15, 0.2) is 53.9 Å². The Balaban J connectivity index is 1.55. The Hall–Kier alpha value is -2.95. The molecule has 0 unspecified atom stereocenters. The van der Waals surface area contributed by atoms with Crippen LogP contribution >= 0.6 is 34.7 Å². The summed E-state index contributed by atoms with van der Waals surface area (Å²) in [5.41, 5.74) is 1.56.